The lowest BCUT2D eigenvalue weighted by molar-refractivity contribution is -0.198. The minimum atomic E-state index is -0.649. The van der Waals surface area contributed by atoms with Gasteiger partial charge in [0.05, 0.1) is 6.33 Å². The molecule has 0 aromatic carbocycles. The van der Waals surface area contributed by atoms with Crippen molar-refractivity contribution in [1.29, 1.82) is 0 Å². The fourth-order valence-corrected chi connectivity index (χ4v) is 4.74. The standard InChI is InChI=1S/C19H28N6O3/c1-10-5-11(6-10)24(4)7-12-14-15(28-19(2,3)27-14)18(26-12)25-9-23-13-16(20)21-8-22-17(13)25/h8-12,14-15,18H,5-7H2,1-4H3,(H2,20,21,22)/t10?,11?,12-,14-,15-,18-/m1/s1. The average molecular weight is 388 g/mol. The van der Waals surface area contributed by atoms with Crippen LogP contribution in [0.25, 0.3) is 11.2 Å². The third kappa shape index (κ3) is 2.88. The second kappa shape index (κ2) is 6.35. The number of anilines is 1. The Kier molecular flexibility index (Phi) is 4.13. The van der Waals surface area contributed by atoms with Crippen molar-refractivity contribution in [2.75, 3.05) is 19.3 Å². The summed E-state index contributed by atoms with van der Waals surface area (Å²) in [5.41, 5.74) is 7.17. The molecule has 4 heterocycles. The van der Waals surface area contributed by atoms with Gasteiger partial charge in [0.1, 0.15) is 30.2 Å². The number of nitrogens with zero attached hydrogens (tertiary/aromatic N) is 5. The van der Waals surface area contributed by atoms with Crippen LogP contribution < -0.4 is 5.73 Å². The third-order valence-corrected chi connectivity index (χ3v) is 6.23. The summed E-state index contributed by atoms with van der Waals surface area (Å²) >= 11 is 0. The predicted octanol–water partition coefficient (Wildman–Crippen LogP) is 1.56. The molecular formula is C19H28N6O3. The highest BCUT2D eigenvalue weighted by Gasteiger charge is 2.56. The highest BCUT2D eigenvalue weighted by molar-refractivity contribution is 5.81. The summed E-state index contributed by atoms with van der Waals surface area (Å²) in [5.74, 6) is 0.520. The van der Waals surface area contributed by atoms with E-state index >= 15 is 0 Å². The van der Waals surface area contributed by atoms with Crippen LogP contribution in [0.1, 0.15) is 39.8 Å². The number of hydrogen-bond donors (Lipinski definition) is 1. The first-order valence-corrected chi connectivity index (χ1v) is 9.97. The summed E-state index contributed by atoms with van der Waals surface area (Å²) in [7, 11) is 2.17. The second-order valence-corrected chi connectivity index (χ2v) is 8.88. The summed E-state index contributed by atoms with van der Waals surface area (Å²) in [6.45, 7) is 7.00. The number of likely N-dealkylation sites (N-methyl/N-ethyl adjacent to an activating group) is 1. The fraction of sp³-hybridized carbons (Fsp3) is 0.737. The van der Waals surface area contributed by atoms with Crippen LogP contribution in [0.2, 0.25) is 0 Å². The smallest absolute Gasteiger partial charge is 0.167 e. The fourth-order valence-electron chi connectivity index (χ4n) is 4.74. The van der Waals surface area contributed by atoms with Crippen LogP contribution in [-0.4, -0.2) is 68.2 Å². The molecule has 2 aliphatic heterocycles. The van der Waals surface area contributed by atoms with Gasteiger partial charge in [0.25, 0.3) is 0 Å². The quantitative estimate of drug-likeness (QED) is 0.842. The maximum atomic E-state index is 6.46. The van der Waals surface area contributed by atoms with E-state index in [4.69, 9.17) is 19.9 Å². The zero-order chi connectivity index (χ0) is 19.6. The molecule has 9 heteroatoms. The van der Waals surface area contributed by atoms with Gasteiger partial charge in [-0.3, -0.25) is 4.57 Å². The molecule has 0 spiro atoms. The van der Waals surface area contributed by atoms with Crippen molar-refractivity contribution in [3.63, 3.8) is 0 Å². The van der Waals surface area contributed by atoms with E-state index in [0.29, 0.717) is 23.0 Å². The molecule has 0 amide bonds. The van der Waals surface area contributed by atoms with Crippen molar-refractivity contribution < 1.29 is 14.2 Å². The van der Waals surface area contributed by atoms with Gasteiger partial charge in [0.15, 0.2) is 23.5 Å². The topological polar surface area (TPSA) is 101 Å². The molecule has 9 nitrogen and oxygen atoms in total. The summed E-state index contributed by atoms with van der Waals surface area (Å²) < 4.78 is 20.8. The molecule has 3 fully saturated rings. The van der Waals surface area contributed by atoms with Gasteiger partial charge >= 0.3 is 0 Å². The lowest BCUT2D eigenvalue weighted by atomic mass is 9.81. The van der Waals surface area contributed by atoms with Crippen molar-refractivity contribution in [3.05, 3.63) is 12.7 Å². The van der Waals surface area contributed by atoms with Gasteiger partial charge < -0.3 is 24.8 Å². The van der Waals surface area contributed by atoms with Gasteiger partial charge in [0.2, 0.25) is 0 Å². The van der Waals surface area contributed by atoms with Crippen LogP contribution in [-0.2, 0) is 14.2 Å². The van der Waals surface area contributed by atoms with Crippen LogP contribution >= 0.6 is 0 Å². The molecular weight excluding hydrogens is 360 g/mol. The van der Waals surface area contributed by atoms with E-state index < -0.39 is 5.79 Å². The Morgan fingerprint density at radius 2 is 1.96 bits per heavy atom. The Bertz CT molecular complexity index is 880. The van der Waals surface area contributed by atoms with Gasteiger partial charge in [-0.15, -0.1) is 0 Å². The molecule has 152 valence electrons. The minimum Gasteiger partial charge on any atom is -0.382 e. The molecule has 2 N–H and O–H groups in total. The van der Waals surface area contributed by atoms with E-state index in [9.17, 15) is 0 Å². The first kappa shape index (κ1) is 18.2. The van der Waals surface area contributed by atoms with Crippen molar-refractivity contribution >= 4 is 17.0 Å². The molecule has 28 heavy (non-hydrogen) atoms. The van der Waals surface area contributed by atoms with Crippen LogP contribution in [0.15, 0.2) is 12.7 Å². The molecule has 0 radical (unpaired) electrons. The van der Waals surface area contributed by atoms with Gasteiger partial charge in [-0.2, -0.15) is 0 Å². The minimum absolute atomic E-state index is 0.0886. The van der Waals surface area contributed by atoms with Crippen molar-refractivity contribution in [1.82, 2.24) is 24.4 Å². The van der Waals surface area contributed by atoms with E-state index in [1.807, 2.05) is 18.4 Å². The van der Waals surface area contributed by atoms with E-state index in [1.54, 1.807) is 6.33 Å². The molecule has 5 rings (SSSR count). The van der Waals surface area contributed by atoms with E-state index in [1.165, 1.54) is 19.2 Å². The van der Waals surface area contributed by atoms with Crippen LogP contribution in [0.5, 0.6) is 0 Å². The van der Waals surface area contributed by atoms with Crippen LogP contribution in [0.4, 0.5) is 5.82 Å². The van der Waals surface area contributed by atoms with Gasteiger partial charge in [-0.05, 0) is 39.7 Å². The molecule has 2 aromatic rings. The summed E-state index contributed by atoms with van der Waals surface area (Å²) in [6.07, 6.45) is 4.79. The lowest BCUT2D eigenvalue weighted by Gasteiger charge is -2.41. The number of fused-ring (bicyclic) bond motifs is 2. The normalized spacial score (nSPS) is 36.8. The maximum Gasteiger partial charge on any atom is 0.167 e. The summed E-state index contributed by atoms with van der Waals surface area (Å²) in [4.78, 5) is 15.2. The molecule has 1 aliphatic carbocycles. The highest BCUT2D eigenvalue weighted by atomic mass is 16.8. The summed E-state index contributed by atoms with van der Waals surface area (Å²) in [6, 6.07) is 0.619. The molecule has 1 saturated carbocycles. The van der Waals surface area contributed by atoms with Crippen molar-refractivity contribution in [3.8, 4) is 0 Å². The SMILES string of the molecule is CC1CC(N(C)C[C@H]2O[C@@H](n3cnc4c(N)ncnc43)[C@@H]3OC(C)(C)O[C@@H]32)C1. The predicted molar refractivity (Wildman–Crippen MR) is 102 cm³/mol. The maximum absolute atomic E-state index is 6.46. The number of rotatable bonds is 4. The highest BCUT2D eigenvalue weighted by Crippen LogP contribution is 2.44. The Balaban J connectivity index is 1.43. The number of imidazole rings is 1. The number of hydrogen-bond acceptors (Lipinski definition) is 8. The van der Waals surface area contributed by atoms with Crippen LogP contribution in [0.3, 0.4) is 0 Å². The largest absolute Gasteiger partial charge is 0.382 e. The van der Waals surface area contributed by atoms with Gasteiger partial charge in [-0.1, -0.05) is 6.92 Å². The number of ether oxygens (including phenoxy) is 3. The Hall–Kier alpha value is -1.81. The summed E-state index contributed by atoms with van der Waals surface area (Å²) in [5, 5.41) is 0. The van der Waals surface area contributed by atoms with E-state index in [-0.39, 0.29) is 24.5 Å². The van der Waals surface area contributed by atoms with E-state index in [0.717, 1.165) is 12.5 Å². The zero-order valence-corrected chi connectivity index (χ0v) is 16.8. The van der Waals surface area contributed by atoms with Gasteiger partial charge in [0, 0.05) is 12.6 Å². The zero-order valence-electron chi connectivity index (χ0n) is 16.8. The molecule has 3 aliphatic rings. The molecule has 0 bridgehead atoms. The Labute approximate surface area is 164 Å². The Morgan fingerprint density at radius 1 is 1.21 bits per heavy atom. The number of nitrogen functional groups attached to an aromatic ring is 1. The monoisotopic (exact) mass is 388 g/mol. The lowest BCUT2D eigenvalue weighted by Crippen LogP contribution is -2.47. The Morgan fingerprint density at radius 3 is 2.71 bits per heavy atom. The number of aromatic nitrogens is 4. The van der Waals surface area contributed by atoms with Gasteiger partial charge in [-0.25, -0.2) is 15.0 Å². The molecule has 0 unspecified atom stereocenters. The van der Waals surface area contributed by atoms with Crippen molar-refractivity contribution in [2.24, 2.45) is 5.92 Å². The number of nitrogens with two attached hydrogens (primary N) is 1. The van der Waals surface area contributed by atoms with Crippen LogP contribution in [0, 0.1) is 5.92 Å². The van der Waals surface area contributed by atoms with E-state index in [2.05, 4.69) is 33.8 Å². The van der Waals surface area contributed by atoms with Crippen molar-refractivity contribution in [2.45, 2.75) is 70.0 Å². The second-order valence-electron chi connectivity index (χ2n) is 8.88. The first-order valence-electron chi connectivity index (χ1n) is 9.97. The average Bonchev–Trinajstić information content (AvgIpc) is 3.25. The molecule has 2 saturated heterocycles. The molecule has 4 atom stereocenters. The first-order chi connectivity index (χ1) is 13.3. The molecule has 2 aromatic heterocycles. The third-order valence-electron chi connectivity index (χ3n) is 6.23.